The summed E-state index contributed by atoms with van der Waals surface area (Å²) < 4.78 is 7.15. The second-order valence-electron chi connectivity index (χ2n) is 7.82. The van der Waals surface area contributed by atoms with Crippen LogP contribution in [0.5, 0.6) is 0 Å². The van der Waals surface area contributed by atoms with Crippen LogP contribution in [0.25, 0.3) is 27.9 Å². The van der Waals surface area contributed by atoms with Gasteiger partial charge < -0.3 is 4.42 Å². The van der Waals surface area contributed by atoms with Crippen molar-refractivity contribution < 1.29 is 9.34 Å². The van der Waals surface area contributed by atoms with Gasteiger partial charge in [0.05, 0.1) is 11.1 Å². The molecular weight excluding hydrogens is 370 g/mol. The Bertz CT molecular complexity index is 1280. The van der Waals surface area contributed by atoms with Crippen molar-refractivity contribution in [3.05, 3.63) is 76.0 Å². The molecule has 0 saturated carbocycles. The fourth-order valence-electron chi connectivity index (χ4n) is 3.03. The van der Waals surface area contributed by atoms with E-state index in [0.29, 0.717) is 22.5 Å². The number of aromatic nitrogens is 3. The molecule has 0 amide bonds. The Morgan fingerprint density at radius 2 is 1.83 bits per heavy atom. The van der Waals surface area contributed by atoms with Gasteiger partial charge in [-0.05, 0) is 41.3 Å². The average Bonchev–Trinajstić information content (AvgIpc) is 3.16. The lowest BCUT2D eigenvalue weighted by Gasteiger charge is -2.19. The molecule has 4 rings (SSSR count). The first-order chi connectivity index (χ1) is 13.7. The highest BCUT2D eigenvalue weighted by atomic mass is 16.6. The molecule has 0 saturated heterocycles. The van der Waals surface area contributed by atoms with E-state index in [9.17, 15) is 10.1 Å². The summed E-state index contributed by atoms with van der Waals surface area (Å²) in [5.41, 5.74) is 3.47. The van der Waals surface area contributed by atoms with E-state index in [0.717, 1.165) is 10.9 Å². The summed E-state index contributed by atoms with van der Waals surface area (Å²) >= 11 is 0. The van der Waals surface area contributed by atoms with Crippen molar-refractivity contribution >= 4 is 16.7 Å². The first-order valence-corrected chi connectivity index (χ1v) is 9.03. The molecule has 1 N–H and O–H groups in total. The van der Waals surface area contributed by atoms with Crippen molar-refractivity contribution in [2.75, 3.05) is 0 Å². The van der Waals surface area contributed by atoms with Crippen LogP contribution >= 0.6 is 0 Å². The van der Waals surface area contributed by atoms with Gasteiger partial charge in [-0.1, -0.05) is 32.1 Å². The molecule has 2 heterocycles. The lowest BCUT2D eigenvalue weighted by molar-refractivity contribution is -0.384. The summed E-state index contributed by atoms with van der Waals surface area (Å²) in [7, 11) is 0. The highest BCUT2D eigenvalue weighted by molar-refractivity contribution is 5.79. The fraction of sp³-hybridized carbons (Fsp3) is 0.190. The highest BCUT2D eigenvalue weighted by Crippen LogP contribution is 2.27. The number of nitrogens with one attached hydrogen (secondary N) is 1. The summed E-state index contributed by atoms with van der Waals surface area (Å²) in [6.07, 6.45) is 1.67. The molecule has 0 unspecified atom stereocenters. The first kappa shape index (κ1) is 18.5. The topological polar surface area (TPSA) is 111 Å². The highest BCUT2D eigenvalue weighted by Gasteiger charge is 2.16. The molecule has 29 heavy (non-hydrogen) atoms. The van der Waals surface area contributed by atoms with E-state index in [1.54, 1.807) is 18.3 Å². The second-order valence-corrected chi connectivity index (χ2v) is 7.82. The summed E-state index contributed by atoms with van der Waals surface area (Å²) in [6.45, 7) is 6.41. The van der Waals surface area contributed by atoms with Crippen LogP contribution in [0.2, 0.25) is 0 Å². The number of fused-ring (bicyclic) bond motifs is 1. The lowest BCUT2D eigenvalue weighted by atomic mass is 9.86. The van der Waals surface area contributed by atoms with Crippen LogP contribution in [0.3, 0.4) is 0 Å². The molecule has 0 fully saturated rings. The molecule has 0 atom stereocenters. The Labute approximate surface area is 166 Å². The number of rotatable bonds is 3. The third-order valence-electron chi connectivity index (χ3n) is 4.73. The Morgan fingerprint density at radius 3 is 2.48 bits per heavy atom. The molecule has 0 spiro atoms. The summed E-state index contributed by atoms with van der Waals surface area (Å²) in [6, 6.07) is 13.9. The third-order valence-corrected chi connectivity index (χ3v) is 4.73. The lowest BCUT2D eigenvalue weighted by Crippen LogP contribution is -2.13. The standard InChI is InChI=1S/C21H19N5O3/c1-21(2,3)15-6-9-19-14(10-15)11-18(20(22)29-19)25-12-17(23-24-25)13-4-7-16(8-5-13)26(27)28/h4-12,22H,1-3H3. The molecule has 2 aromatic carbocycles. The van der Waals surface area contributed by atoms with Gasteiger partial charge in [0.15, 0.2) is 0 Å². The predicted octanol–water partition coefficient (Wildman–Crippen LogP) is 4.37. The molecule has 146 valence electrons. The predicted molar refractivity (Wildman–Crippen MR) is 108 cm³/mol. The van der Waals surface area contributed by atoms with E-state index in [1.165, 1.54) is 16.8 Å². The normalized spacial score (nSPS) is 11.7. The van der Waals surface area contributed by atoms with Gasteiger partial charge >= 0.3 is 0 Å². The van der Waals surface area contributed by atoms with E-state index in [1.807, 2.05) is 18.2 Å². The average molecular weight is 389 g/mol. The summed E-state index contributed by atoms with van der Waals surface area (Å²) in [5.74, 6) is 0. The maximum atomic E-state index is 10.8. The molecule has 2 aromatic heterocycles. The number of non-ortho nitro benzene ring substituents is 1. The van der Waals surface area contributed by atoms with E-state index in [-0.39, 0.29) is 16.7 Å². The van der Waals surface area contributed by atoms with Crippen molar-refractivity contribution in [1.82, 2.24) is 15.0 Å². The Morgan fingerprint density at radius 1 is 1.10 bits per heavy atom. The van der Waals surface area contributed by atoms with Crippen molar-refractivity contribution in [2.24, 2.45) is 0 Å². The van der Waals surface area contributed by atoms with E-state index < -0.39 is 4.92 Å². The number of hydrogen-bond acceptors (Lipinski definition) is 6. The maximum Gasteiger partial charge on any atom is 0.269 e. The van der Waals surface area contributed by atoms with Crippen LogP contribution in [0.4, 0.5) is 5.69 Å². The Kier molecular flexibility index (Phi) is 4.26. The molecule has 0 radical (unpaired) electrons. The molecule has 0 aliphatic rings. The van der Waals surface area contributed by atoms with Crippen LogP contribution in [0, 0.1) is 15.5 Å². The van der Waals surface area contributed by atoms with Gasteiger partial charge in [0.1, 0.15) is 17.0 Å². The zero-order valence-corrected chi connectivity index (χ0v) is 16.2. The first-order valence-electron chi connectivity index (χ1n) is 9.03. The molecule has 8 nitrogen and oxygen atoms in total. The minimum atomic E-state index is -0.449. The SMILES string of the molecule is CC(C)(C)c1ccc2oc(=N)c(-n3cc(-c4ccc([N+](=O)[O-])cc4)nn3)cc2c1. The monoisotopic (exact) mass is 389 g/mol. The zero-order valence-electron chi connectivity index (χ0n) is 16.2. The van der Waals surface area contributed by atoms with Gasteiger partial charge in [0.2, 0.25) is 5.55 Å². The van der Waals surface area contributed by atoms with Gasteiger partial charge in [-0.3, -0.25) is 15.5 Å². The van der Waals surface area contributed by atoms with E-state index in [4.69, 9.17) is 9.83 Å². The van der Waals surface area contributed by atoms with Crippen LogP contribution in [-0.2, 0) is 5.41 Å². The largest absolute Gasteiger partial charge is 0.437 e. The Balaban J connectivity index is 1.75. The van der Waals surface area contributed by atoms with Crippen molar-refractivity contribution in [1.29, 1.82) is 5.41 Å². The van der Waals surface area contributed by atoms with Crippen LogP contribution < -0.4 is 5.55 Å². The molecule has 8 heteroatoms. The Hall–Kier alpha value is -3.81. The molecular formula is C21H19N5O3. The number of nitrogens with zero attached hydrogens (tertiary/aromatic N) is 4. The minimum Gasteiger partial charge on any atom is -0.437 e. The fourth-order valence-corrected chi connectivity index (χ4v) is 3.03. The summed E-state index contributed by atoms with van der Waals surface area (Å²) in [4.78, 5) is 10.4. The van der Waals surface area contributed by atoms with Gasteiger partial charge in [-0.25, -0.2) is 4.68 Å². The van der Waals surface area contributed by atoms with E-state index >= 15 is 0 Å². The molecule has 0 bridgehead atoms. The van der Waals surface area contributed by atoms with E-state index in [2.05, 4.69) is 37.1 Å². The third kappa shape index (κ3) is 3.52. The van der Waals surface area contributed by atoms with Crippen LogP contribution in [0.15, 0.2) is 59.1 Å². The van der Waals surface area contributed by atoms with Gasteiger partial charge in [0.25, 0.3) is 5.69 Å². The van der Waals surface area contributed by atoms with Crippen LogP contribution in [0.1, 0.15) is 26.3 Å². The zero-order chi connectivity index (χ0) is 20.8. The number of hydrogen-bond donors (Lipinski definition) is 1. The quantitative estimate of drug-likeness (QED) is 0.413. The van der Waals surface area contributed by atoms with Gasteiger partial charge in [-0.15, -0.1) is 5.10 Å². The number of nitro groups is 1. The molecule has 4 aromatic rings. The smallest absolute Gasteiger partial charge is 0.269 e. The van der Waals surface area contributed by atoms with Crippen molar-refractivity contribution in [3.8, 4) is 16.9 Å². The van der Waals surface area contributed by atoms with Gasteiger partial charge in [-0.2, -0.15) is 0 Å². The minimum absolute atomic E-state index is 0.00959. The van der Waals surface area contributed by atoms with Crippen LogP contribution in [-0.4, -0.2) is 19.9 Å². The second kappa shape index (κ2) is 6.66. The van der Waals surface area contributed by atoms with Gasteiger partial charge in [0, 0.05) is 23.1 Å². The number of benzene rings is 2. The summed E-state index contributed by atoms with van der Waals surface area (Å²) in [5, 5.41) is 28.2. The molecule has 0 aliphatic carbocycles. The number of nitro benzene ring substituents is 1. The maximum absolute atomic E-state index is 10.8. The van der Waals surface area contributed by atoms with Crippen molar-refractivity contribution in [3.63, 3.8) is 0 Å². The van der Waals surface area contributed by atoms with Crippen molar-refractivity contribution in [2.45, 2.75) is 26.2 Å². The molecule has 0 aliphatic heterocycles.